The van der Waals surface area contributed by atoms with Crippen molar-refractivity contribution in [2.45, 2.75) is 30.6 Å². The van der Waals surface area contributed by atoms with Gasteiger partial charge in [-0.25, -0.2) is 13.2 Å². The quantitative estimate of drug-likeness (QED) is 0.729. The highest BCUT2D eigenvalue weighted by Gasteiger charge is 2.20. The van der Waals surface area contributed by atoms with Crippen LogP contribution in [-0.2, 0) is 37.0 Å². The number of hydrogen-bond acceptors (Lipinski definition) is 4. The first kappa shape index (κ1) is 18.5. The Hall–Kier alpha value is -2.87. The van der Waals surface area contributed by atoms with E-state index < -0.39 is 21.3 Å². The van der Waals surface area contributed by atoms with Gasteiger partial charge in [-0.3, -0.25) is 18.7 Å². The molecule has 7 nitrogen and oxygen atoms in total. The number of aromatic nitrogens is 2. The van der Waals surface area contributed by atoms with Gasteiger partial charge in [-0.15, -0.1) is 0 Å². The molecule has 0 saturated heterocycles. The molecular weight excluding hydrogens is 378 g/mol. The first-order valence-electron chi connectivity index (χ1n) is 9.13. The number of nitrogens with zero attached hydrogens (tertiary/aromatic N) is 2. The summed E-state index contributed by atoms with van der Waals surface area (Å²) in [4.78, 5) is 24.5. The van der Waals surface area contributed by atoms with Crippen molar-refractivity contribution >= 4 is 26.6 Å². The van der Waals surface area contributed by atoms with Gasteiger partial charge in [0.15, 0.2) is 0 Å². The molecule has 4 rings (SSSR count). The van der Waals surface area contributed by atoms with Crippen molar-refractivity contribution in [1.82, 2.24) is 9.13 Å². The largest absolute Gasteiger partial charge is 0.330 e. The number of nitrogens with one attached hydrogen (secondary N) is 1. The van der Waals surface area contributed by atoms with Crippen LogP contribution in [0.1, 0.15) is 24.0 Å². The molecule has 0 saturated carbocycles. The lowest BCUT2D eigenvalue weighted by molar-refractivity contribution is 0.601. The average Bonchev–Trinajstić information content (AvgIpc) is 2.70. The summed E-state index contributed by atoms with van der Waals surface area (Å²) in [5.74, 6) is 0. The number of fused-ring (bicyclic) bond motifs is 2. The summed E-state index contributed by atoms with van der Waals surface area (Å²) in [7, 11) is -0.953. The minimum Gasteiger partial charge on any atom is -0.296 e. The van der Waals surface area contributed by atoms with E-state index in [1.807, 2.05) is 12.1 Å². The average molecular weight is 399 g/mol. The van der Waals surface area contributed by atoms with Gasteiger partial charge in [0.05, 0.1) is 21.5 Å². The van der Waals surface area contributed by atoms with Crippen molar-refractivity contribution in [1.29, 1.82) is 0 Å². The fourth-order valence-corrected chi connectivity index (χ4v) is 4.94. The molecule has 1 N–H and O–H groups in total. The lowest BCUT2D eigenvalue weighted by Gasteiger charge is -2.20. The van der Waals surface area contributed by atoms with Crippen LogP contribution in [0.25, 0.3) is 10.9 Å². The number of rotatable bonds is 3. The normalized spacial score (nSPS) is 14.1. The molecule has 0 aliphatic heterocycles. The van der Waals surface area contributed by atoms with Gasteiger partial charge in [0, 0.05) is 14.1 Å². The zero-order valence-electron chi connectivity index (χ0n) is 15.7. The SMILES string of the molecule is Cn1c(=O)c2cc(S(=O)(=O)Nc3cccc4c3CCCC4)ccc2n(C)c1=O. The van der Waals surface area contributed by atoms with Crippen molar-refractivity contribution in [3.63, 3.8) is 0 Å². The smallest absolute Gasteiger partial charge is 0.296 e. The summed E-state index contributed by atoms with van der Waals surface area (Å²) in [5.41, 5.74) is 2.22. The molecule has 3 aromatic rings. The van der Waals surface area contributed by atoms with Gasteiger partial charge in [-0.1, -0.05) is 12.1 Å². The van der Waals surface area contributed by atoms with Crippen LogP contribution in [-0.4, -0.2) is 17.6 Å². The summed E-state index contributed by atoms with van der Waals surface area (Å²) in [6.07, 6.45) is 3.93. The van der Waals surface area contributed by atoms with Crippen LogP contribution in [0.3, 0.4) is 0 Å². The van der Waals surface area contributed by atoms with Gasteiger partial charge in [0.1, 0.15) is 0 Å². The lowest BCUT2D eigenvalue weighted by atomic mass is 9.91. The van der Waals surface area contributed by atoms with Crippen LogP contribution >= 0.6 is 0 Å². The first-order chi connectivity index (χ1) is 13.3. The molecule has 0 atom stereocenters. The Kier molecular flexibility index (Phi) is 4.38. The highest BCUT2D eigenvalue weighted by atomic mass is 32.2. The van der Waals surface area contributed by atoms with E-state index in [9.17, 15) is 18.0 Å². The van der Waals surface area contributed by atoms with E-state index in [0.29, 0.717) is 11.2 Å². The lowest BCUT2D eigenvalue weighted by Crippen LogP contribution is -2.37. The first-order valence-corrected chi connectivity index (χ1v) is 10.6. The molecule has 0 fully saturated rings. The van der Waals surface area contributed by atoms with E-state index in [0.717, 1.165) is 35.8 Å². The minimum absolute atomic E-state index is 0.0100. The third-order valence-electron chi connectivity index (χ3n) is 5.39. The van der Waals surface area contributed by atoms with Gasteiger partial charge in [0.2, 0.25) is 0 Å². The van der Waals surface area contributed by atoms with Crippen LogP contribution in [0.15, 0.2) is 50.9 Å². The third kappa shape index (κ3) is 2.93. The van der Waals surface area contributed by atoms with Crippen molar-refractivity contribution in [3.8, 4) is 0 Å². The predicted octanol–water partition coefficient (Wildman–Crippen LogP) is 1.92. The second-order valence-corrected chi connectivity index (χ2v) is 8.82. The highest BCUT2D eigenvalue weighted by molar-refractivity contribution is 7.92. The Bertz CT molecular complexity index is 1320. The van der Waals surface area contributed by atoms with Gasteiger partial charge >= 0.3 is 5.69 Å². The van der Waals surface area contributed by atoms with Gasteiger partial charge in [-0.05, 0) is 61.1 Å². The van der Waals surface area contributed by atoms with E-state index in [2.05, 4.69) is 4.72 Å². The molecule has 0 radical (unpaired) electrons. The van der Waals surface area contributed by atoms with Crippen molar-refractivity contribution in [2.24, 2.45) is 14.1 Å². The summed E-state index contributed by atoms with van der Waals surface area (Å²) < 4.78 is 31.0. The topological polar surface area (TPSA) is 90.2 Å². The summed E-state index contributed by atoms with van der Waals surface area (Å²) >= 11 is 0. The molecule has 1 aliphatic rings. The molecule has 0 unspecified atom stereocenters. The molecule has 28 heavy (non-hydrogen) atoms. The van der Waals surface area contributed by atoms with E-state index in [1.165, 1.54) is 35.4 Å². The number of sulfonamides is 1. The van der Waals surface area contributed by atoms with E-state index in [4.69, 9.17) is 0 Å². The van der Waals surface area contributed by atoms with Crippen LogP contribution in [0.2, 0.25) is 0 Å². The summed E-state index contributed by atoms with van der Waals surface area (Å²) in [6.45, 7) is 0. The molecule has 1 aliphatic carbocycles. The van der Waals surface area contributed by atoms with Crippen LogP contribution in [0, 0.1) is 0 Å². The molecule has 0 amide bonds. The zero-order chi connectivity index (χ0) is 20.1. The summed E-state index contributed by atoms with van der Waals surface area (Å²) in [5, 5.41) is 0.183. The Labute approximate surface area is 162 Å². The van der Waals surface area contributed by atoms with Crippen LogP contribution in [0.5, 0.6) is 0 Å². The maximum absolute atomic E-state index is 13.0. The van der Waals surface area contributed by atoms with Crippen molar-refractivity contribution in [3.05, 3.63) is 68.4 Å². The Balaban J connectivity index is 1.82. The molecule has 2 aromatic carbocycles. The maximum atomic E-state index is 13.0. The van der Waals surface area contributed by atoms with Crippen LogP contribution < -0.4 is 16.0 Å². The van der Waals surface area contributed by atoms with E-state index in [1.54, 1.807) is 13.1 Å². The Morgan fingerprint density at radius 3 is 2.50 bits per heavy atom. The Morgan fingerprint density at radius 1 is 0.964 bits per heavy atom. The van der Waals surface area contributed by atoms with Gasteiger partial charge in [-0.2, -0.15) is 0 Å². The Morgan fingerprint density at radius 2 is 1.71 bits per heavy atom. The third-order valence-corrected chi connectivity index (χ3v) is 6.75. The van der Waals surface area contributed by atoms with Crippen molar-refractivity contribution < 1.29 is 8.42 Å². The molecule has 1 heterocycles. The number of hydrogen-bond donors (Lipinski definition) is 1. The number of anilines is 1. The highest BCUT2D eigenvalue weighted by Crippen LogP contribution is 2.29. The second kappa shape index (κ2) is 6.63. The predicted molar refractivity (Wildman–Crippen MR) is 108 cm³/mol. The van der Waals surface area contributed by atoms with Crippen LogP contribution in [0.4, 0.5) is 5.69 Å². The molecule has 8 heteroatoms. The zero-order valence-corrected chi connectivity index (χ0v) is 16.5. The molecule has 1 aromatic heterocycles. The minimum atomic E-state index is -3.88. The number of aryl methyl sites for hydroxylation is 2. The molecule has 0 spiro atoms. The van der Waals surface area contributed by atoms with Gasteiger partial charge < -0.3 is 0 Å². The van der Waals surface area contributed by atoms with Gasteiger partial charge in [0.25, 0.3) is 15.6 Å². The number of benzene rings is 2. The molecule has 0 bridgehead atoms. The fourth-order valence-electron chi connectivity index (χ4n) is 3.82. The van der Waals surface area contributed by atoms with E-state index >= 15 is 0 Å². The maximum Gasteiger partial charge on any atom is 0.330 e. The summed E-state index contributed by atoms with van der Waals surface area (Å²) in [6, 6.07) is 9.90. The van der Waals surface area contributed by atoms with E-state index in [-0.39, 0.29) is 10.3 Å². The van der Waals surface area contributed by atoms with Crippen molar-refractivity contribution in [2.75, 3.05) is 4.72 Å². The molecular formula is C20H21N3O4S. The second-order valence-electron chi connectivity index (χ2n) is 7.14. The monoisotopic (exact) mass is 399 g/mol. The molecule has 146 valence electrons. The fraction of sp³-hybridized carbons (Fsp3) is 0.300. The standard InChI is InChI=1S/C20H21N3O4S/c1-22-18-11-10-14(12-16(18)19(24)23(2)20(22)25)28(26,27)21-17-9-5-7-13-6-3-4-8-15(13)17/h5,7,9-12,21H,3-4,6,8H2,1-2H3.